The van der Waals surface area contributed by atoms with Crippen LogP contribution >= 0.6 is 23.2 Å². The summed E-state index contributed by atoms with van der Waals surface area (Å²) in [6.07, 6.45) is 0.869. The first-order valence-corrected chi connectivity index (χ1v) is 8.71. The number of benzene rings is 2. The van der Waals surface area contributed by atoms with Gasteiger partial charge in [0.1, 0.15) is 5.82 Å². The van der Waals surface area contributed by atoms with Crippen LogP contribution in [-0.4, -0.2) is 16.5 Å². The molecule has 2 aromatic carbocycles. The number of halogens is 2. The molecule has 0 aliphatic rings. The summed E-state index contributed by atoms with van der Waals surface area (Å²) in [7, 11) is 0. The highest BCUT2D eigenvalue weighted by Crippen LogP contribution is 2.19. The summed E-state index contributed by atoms with van der Waals surface area (Å²) in [5.41, 5.74) is 3.03. The highest BCUT2D eigenvalue weighted by molar-refractivity contribution is 6.30. The van der Waals surface area contributed by atoms with Gasteiger partial charge in [-0.2, -0.15) is 4.98 Å². The molecule has 0 spiro atoms. The third-order valence-electron chi connectivity index (χ3n) is 3.58. The molecule has 0 fully saturated rings. The van der Waals surface area contributed by atoms with Crippen molar-refractivity contribution in [1.82, 2.24) is 9.97 Å². The first-order chi connectivity index (χ1) is 12.1. The van der Waals surface area contributed by atoms with Crippen LogP contribution in [-0.2, 0) is 6.42 Å². The van der Waals surface area contributed by atoms with Gasteiger partial charge in [-0.05, 0) is 55.3 Å². The van der Waals surface area contributed by atoms with Crippen molar-refractivity contribution in [2.24, 2.45) is 0 Å². The summed E-state index contributed by atoms with van der Waals surface area (Å²) in [5, 5.41) is 7.98. The molecule has 0 amide bonds. The Kier molecular flexibility index (Phi) is 5.74. The first-order valence-electron chi connectivity index (χ1n) is 7.95. The molecule has 0 radical (unpaired) electrons. The Morgan fingerprint density at radius 1 is 0.880 bits per heavy atom. The molecule has 0 unspecified atom stereocenters. The molecule has 0 atom stereocenters. The summed E-state index contributed by atoms with van der Waals surface area (Å²) in [6, 6.07) is 17.2. The van der Waals surface area contributed by atoms with Crippen molar-refractivity contribution in [2.75, 3.05) is 17.2 Å². The summed E-state index contributed by atoms with van der Waals surface area (Å²) in [6.45, 7) is 2.69. The SMILES string of the molecule is Cc1cc(Nc2ccc(Cl)cc2)nc(NCCc2ccc(Cl)cc2)n1. The van der Waals surface area contributed by atoms with Crippen LogP contribution in [0.15, 0.2) is 54.6 Å². The molecule has 3 rings (SSSR count). The second kappa shape index (κ2) is 8.19. The summed E-state index contributed by atoms with van der Waals surface area (Å²) >= 11 is 11.8. The zero-order chi connectivity index (χ0) is 17.6. The lowest BCUT2D eigenvalue weighted by Crippen LogP contribution is -2.09. The highest BCUT2D eigenvalue weighted by Gasteiger charge is 2.03. The molecule has 1 heterocycles. The normalized spacial score (nSPS) is 10.5. The molecule has 0 bridgehead atoms. The second-order valence-corrected chi connectivity index (χ2v) is 6.53. The molecule has 0 aliphatic carbocycles. The van der Waals surface area contributed by atoms with E-state index < -0.39 is 0 Å². The van der Waals surface area contributed by atoms with E-state index in [9.17, 15) is 0 Å². The fourth-order valence-electron chi connectivity index (χ4n) is 2.36. The van der Waals surface area contributed by atoms with Crippen LogP contribution in [0, 0.1) is 6.92 Å². The molecule has 6 heteroatoms. The van der Waals surface area contributed by atoms with Gasteiger partial charge in [0.25, 0.3) is 0 Å². The molecule has 2 N–H and O–H groups in total. The van der Waals surface area contributed by atoms with Crippen LogP contribution in [0.5, 0.6) is 0 Å². The Labute approximate surface area is 157 Å². The molecule has 25 heavy (non-hydrogen) atoms. The Bertz CT molecular complexity index is 833. The van der Waals surface area contributed by atoms with Gasteiger partial charge in [-0.3, -0.25) is 0 Å². The predicted octanol–water partition coefficient (Wildman–Crippen LogP) is 5.49. The van der Waals surface area contributed by atoms with E-state index in [1.54, 1.807) is 0 Å². The van der Waals surface area contributed by atoms with Crippen LogP contribution in [0.4, 0.5) is 17.5 Å². The van der Waals surface area contributed by atoms with E-state index in [2.05, 4.69) is 20.6 Å². The van der Waals surface area contributed by atoms with Crippen molar-refractivity contribution in [3.63, 3.8) is 0 Å². The number of anilines is 3. The number of hydrogen-bond donors (Lipinski definition) is 2. The van der Waals surface area contributed by atoms with E-state index >= 15 is 0 Å². The van der Waals surface area contributed by atoms with E-state index in [4.69, 9.17) is 23.2 Å². The van der Waals surface area contributed by atoms with Crippen molar-refractivity contribution < 1.29 is 0 Å². The minimum absolute atomic E-state index is 0.602. The molecular weight excluding hydrogens is 355 g/mol. The monoisotopic (exact) mass is 372 g/mol. The number of aryl methyl sites for hydroxylation is 1. The Morgan fingerprint density at radius 3 is 2.20 bits per heavy atom. The van der Waals surface area contributed by atoms with Gasteiger partial charge in [-0.15, -0.1) is 0 Å². The lowest BCUT2D eigenvalue weighted by molar-refractivity contribution is 0.976. The van der Waals surface area contributed by atoms with Crippen LogP contribution in [0.2, 0.25) is 10.0 Å². The Balaban J connectivity index is 1.62. The zero-order valence-corrected chi connectivity index (χ0v) is 15.3. The average molecular weight is 373 g/mol. The van der Waals surface area contributed by atoms with Gasteiger partial charge in [0.05, 0.1) is 0 Å². The molecule has 4 nitrogen and oxygen atoms in total. The van der Waals surface area contributed by atoms with Gasteiger partial charge in [0.2, 0.25) is 5.95 Å². The largest absolute Gasteiger partial charge is 0.354 e. The summed E-state index contributed by atoms with van der Waals surface area (Å²) in [4.78, 5) is 8.94. The number of nitrogens with zero attached hydrogens (tertiary/aromatic N) is 2. The molecule has 3 aromatic rings. The van der Waals surface area contributed by atoms with E-state index in [1.807, 2.05) is 61.5 Å². The average Bonchev–Trinajstić information content (AvgIpc) is 2.58. The van der Waals surface area contributed by atoms with Crippen LogP contribution in [0.25, 0.3) is 0 Å². The number of aromatic nitrogens is 2. The van der Waals surface area contributed by atoms with Gasteiger partial charge < -0.3 is 10.6 Å². The van der Waals surface area contributed by atoms with Gasteiger partial charge >= 0.3 is 0 Å². The van der Waals surface area contributed by atoms with Crippen LogP contribution in [0.3, 0.4) is 0 Å². The van der Waals surface area contributed by atoms with Crippen molar-refractivity contribution in [3.8, 4) is 0 Å². The summed E-state index contributed by atoms with van der Waals surface area (Å²) in [5.74, 6) is 1.34. The van der Waals surface area contributed by atoms with Crippen molar-refractivity contribution in [2.45, 2.75) is 13.3 Å². The minimum atomic E-state index is 0.602. The van der Waals surface area contributed by atoms with Gasteiger partial charge in [-0.1, -0.05) is 35.3 Å². The number of nitrogens with one attached hydrogen (secondary N) is 2. The smallest absolute Gasteiger partial charge is 0.224 e. The molecule has 0 aliphatic heterocycles. The quantitative estimate of drug-likeness (QED) is 0.600. The van der Waals surface area contributed by atoms with E-state index in [-0.39, 0.29) is 0 Å². The third kappa shape index (κ3) is 5.34. The predicted molar refractivity (Wildman–Crippen MR) is 105 cm³/mol. The van der Waals surface area contributed by atoms with Crippen LogP contribution < -0.4 is 10.6 Å². The zero-order valence-electron chi connectivity index (χ0n) is 13.8. The summed E-state index contributed by atoms with van der Waals surface area (Å²) < 4.78 is 0. The van der Waals surface area contributed by atoms with Crippen molar-refractivity contribution in [1.29, 1.82) is 0 Å². The fourth-order valence-corrected chi connectivity index (χ4v) is 2.61. The topological polar surface area (TPSA) is 49.8 Å². The minimum Gasteiger partial charge on any atom is -0.354 e. The van der Waals surface area contributed by atoms with Gasteiger partial charge in [-0.25, -0.2) is 4.98 Å². The van der Waals surface area contributed by atoms with Crippen LogP contribution in [0.1, 0.15) is 11.3 Å². The fraction of sp³-hybridized carbons (Fsp3) is 0.158. The Hall–Kier alpha value is -2.30. The highest BCUT2D eigenvalue weighted by atomic mass is 35.5. The maximum Gasteiger partial charge on any atom is 0.224 e. The molecule has 128 valence electrons. The third-order valence-corrected chi connectivity index (χ3v) is 4.08. The van der Waals surface area contributed by atoms with Crippen molar-refractivity contribution in [3.05, 3.63) is 75.9 Å². The molecule has 0 saturated carbocycles. The maximum atomic E-state index is 5.91. The second-order valence-electron chi connectivity index (χ2n) is 5.65. The number of rotatable bonds is 6. The maximum absolute atomic E-state index is 5.91. The van der Waals surface area contributed by atoms with Gasteiger partial charge in [0.15, 0.2) is 0 Å². The Morgan fingerprint density at radius 2 is 1.52 bits per heavy atom. The van der Waals surface area contributed by atoms with Gasteiger partial charge in [0, 0.05) is 34.0 Å². The molecule has 1 aromatic heterocycles. The van der Waals surface area contributed by atoms with E-state index in [0.29, 0.717) is 11.0 Å². The van der Waals surface area contributed by atoms with E-state index in [1.165, 1.54) is 5.56 Å². The standard InChI is InChI=1S/C19H18Cl2N4/c1-13-12-18(24-17-8-6-16(21)7-9-17)25-19(23-13)22-11-10-14-2-4-15(20)5-3-14/h2-9,12H,10-11H2,1H3,(H2,22,23,24,25). The lowest BCUT2D eigenvalue weighted by atomic mass is 10.1. The lowest BCUT2D eigenvalue weighted by Gasteiger charge is -2.10. The van der Waals surface area contributed by atoms with E-state index in [0.717, 1.165) is 35.2 Å². The number of hydrogen-bond acceptors (Lipinski definition) is 4. The first kappa shape index (κ1) is 17.5. The molecular formula is C19H18Cl2N4. The van der Waals surface area contributed by atoms with Crippen molar-refractivity contribution >= 4 is 40.7 Å². The molecule has 0 saturated heterocycles.